The molecule has 7 nitrogen and oxygen atoms in total. The molecule has 1 amide bonds. The monoisotopic (exact) mass is 352 g/mol. The van der Waals surface area contributed by atoms with Crippen LogP contribution in [0.4, 0.5) is 5.82 Å². The summed E-state index contributed by atoms with van der Waals surface area (Å²) in [5.74, 6) is -0.159. The lowest BCUT2D eigenvalue weighted by Gasteiger charge is -2.31. The molecule has 0 spiro atoms. The lowest BCUT2D eigenvalue weighted by Crippen LogP contribution is -2.39. The van der Waals surface area contributed by atoms with Gasteiger partial charge in [-0.3, -0.25) is 4.79 Å². The molecular formula is C16H24N4O3S. The Hall–Kier alpha value is -1.83. The highest BCUT2D eigenvalue weighted by Crippen LogP contribution is 2.23. The van der Waals surface area contributed by atoms with E-state index in [1.54, 1.807) is 6.92 Å². The number of amides is 1. The highest BCUT2D eigenvalue weighted by Gasteiger charge is 2.22. The fourth-order valence-electron chi connectivity index (χ4n) is 2.71. The lowest BCUT2D eigenvalue weighted by molar-refractivity contribution is -0.129. The minimum Gasteiger partial charge on any atom is -0.462 e. The van der Waals surface area contributed by atoms with Gasteiger partial charge in [0.15, 0.2) is 5.16 Å². The number of hydrogen-bond donors (Lipinski definition) is 1. The number of carbonyl (C=O) groups is 2. The average molecular weight is 352 g/mol. The molecule has 1 fully saturated rings. The third-order valence-corrected chi connectivity index (χ3v) is 4.98. The largest absolute Gasteiger partial charge is 0.462 e. The molecule has 1 aliphatic carbocycles. The predicted molar refractivity (Wildman–Crippen MR) is 92.8 cm³/mol. The van der Waals surface area contributed by atoms with Crippen molar-refractivity contribution in [1.29, 1.82) is 0 Å². The number of aromatic nitrogens is 2. The Morgan fingerprint density at radius 1 is 1.38 bits per heavy atom. The molecule has 2 N–H and O–H groups in total. The molecule has 1 aromatic rings. The van der Waals surface area contributed by atoms with E-state index in [9.17, 15) is 9.59 Å². The maximum absolute atomic E-state index is 12.3. The minimum absolute atomic E-state index is 0.0588. The number of thioether (sulfide) groups is 1. The SMILES string of the molecule is CCOC(=O)c1cnc(SCC(=O)N(C)C2CCCCC2)nc1N. The first-order valence-corrected chi connectivity index (χ1v) is 9.19. The standard InChI is InChI=1S/C16H24N4O3S/c1-3-23-15(22)12-9-18-16(19-14(12)17)24-10-13(21)20(2)11-7-5-4-6-8-11/h9,11H,3-8,10H2,1-2H3,(H2,17,18,19). The van der Waals surface area contributed by atoms with Crippen molar-refractivity contribution in [2.75, 3.05) is 25.1 Å². The van der Waals surface area contributed by atoms with E-state index < -0.39 is 5.97 Å². The van der Waals surface area contributed by atoms with Crippen LogP contribution in [0.3, 0.4) is 0 Å². The zero-order valence-corrected chi connectivity index (χ0v) is 15.0. The van der Waals surface area contributed by atoms with Gasteiger partial charge in [-0.1, -0.05) is 31.0 Å². The summed E-state index contributed by atoms with van der Waals surface area (Å²) in [6, 6.07) is 0.337. The van der Waals surface area contributed by atoms with E-state index in [-0.39, 0.29) is 29.6 Å². The van der Waals surface area contributed by atoms with Crippen LogP contribution in [0.25, 0.3) is 0 Å². The second-order valence-corrected chi connectivity index (χ2v) is 6.70. The van der Waals surface area contributed by atoms with E-state index in [1.165, 1.54) is 37.2 Å². The van der Waals surface area contributed by atoms with Crippen LogP contribution in [0.15, 0.2) is 11.4 Å². The van der Waals surface area contributed by atoms with Gasteiger partial charge in [-0.25, -0.2) is 14.8 Å². The summed E-state index contributed by atoms with van der Waals surface area (Å²) < 4.78 is 4.88. The molecule has 0 aromatic carbocycles. The normalized spacial score (nSPS) is 15.1. The smallest absolute Gasteiger partial charge is 0.343 e. The Morgan fingerprint density at radius 2 is 2.08 bits per heavy atom. The number of nitrogens with zero attached hydrogens (tertiary/aromatic N) is 3. The van der Waals surface area contributed by atoms with Gasteiger partial charge < -0.3 is 15.4 Å². The summed E-state index contributed by atoms with van der Waals surface area (Å²) in [5.41, 5.74) is 5.92. The Kier molecular flexibility index (Phi) is 6.84. The number of nitrogen functional groups attached to an aromatic ring is 1. The molecule has 24 heavy (non-hydrogen) atoms. The number of hydrogen-bond acceptors (Lipinski definition) is 7. The Morgan fingerprint density at radius 3 is 2.71 bits per heavy atom. The van der Waals surface area contributed by atoms with Crippen LogP contribution in [0.1, 0.15) is 49.4 Å². The summed E-state index contributed by atoms with van der Waals surface area (Å²) in [4.78, 5) is 34.0. The summed E-state index contributed by atoms with van der Waals surface area (Å²) in [6.45, 7) is 1.98. The maximum Gasteiger partial charge on any atom is 0.343 e. The van der Waals surface area contributed by atoms with Gasteiger partial charge >= 0.3 is 5.97 Å². The molecule has 1 saturated carbocycles. The van der Waals surface area contributed by atoms with Crippen molar-refractivity contribution < 1.29 is 14.3 Å². The van der Waals surface area contributed by atoms with Gasteiger partial charge in [-0.05, 0) is 19.8 Å². The number of nitrogens with two attached hydrogens (primary N) is 1. The van der Waals surface area contributed by atoms with E-state index in [2.05, 4.69) is 9.97 Å². The van der Waals surface area contributed by atoms with Crippen molar-refractivity contribution in [3.8, 4) is 0 Å². The second kappa shape index (κ2) is 8.86. The van der Waals surface area contributed by atoms with Gasteiger partial charge in [0.1, 0.15) is 11.4 Å². The van der Waals surface area contributed by atoms with Crippen LogP contribution in [-0.2, 0) is 9.53 Å². The molecule has 0 radical (unpaired) electrons. The van der Waals surface area contributed by atoms with Crippen LogP contribution < -0.4 is 5.73 Å². The quantitative estimate of drug-likeness (QED) is 0.475. The van der Waals surface area contributed by atoms with Gasteiger partial charge in [0.05, 0.1) is 12.4 Å². The molecule has 0 atom stereocenters. The van der Waals surface area contributed by atoms with Crippen molar-refractivity contribution in [2.45, 2.75) is 50.2 Å². The molecule has 1 aromatic heterocycles. The number of rotatable bonds is 6. The van der Waals surface area contributed by atoms with E-state index in [0.717, 1.165) is 12.8 Å². The number of esters is 1. The molecule has 1 aliphatic rings. The molecule has 8 heteroatoms. The van der Waals surface area contributed by atoms with Gasteiger partial charge in [0.25, 0.3) is 0 Å². The third kappa shape index (κ3) is 4.83. The van der Waals surface area contributed by atoms with Gasteiger partial charge in [-0.2, -0.15) is 0 Å². The zero-order chi connectivity index (χ0) is 17.5. The predicted octanol–water partition coefficient (Wildman–Crippen LogP) is 2.12. The summed E-state index contributed by atoms with van der Waals surface area (Å²) in [6.07, 6.45) is 7.12. The Labute approximate surface area is 146 Å². The lowest BCUT2D eigenvalue weighted by atomic mass is 9.94. The molecule has 0 aliphatic heterocycles. The van der Waals surface area contributed by atoms with Crippen molar-refractivity contribution in [3.05, 3.63) is 11.8 Å². The van der Waals surface area contributed by atoms with Crippen molar-refractivity contribution in [3.63, 3.8) is 0 Å². The van der Waals surface area contributed by atoms with Crippen LogP contribution >= 0.6 is 11.8 Å². The molecule has 1 heterocycles. The zero-order valence-electron chi connectivity index (χ0n) is 14.2. The van der Waals surface area contributed by atoms with Crippen LogP contribution in [-0.4, -0.2) is 52.2 Å². The topological polar surface area (TPSA) is 98.4 Å². The molecule has 2 rings (SSSR count). The van der Waals surface area contributed by atoms with Crippen LogP contribution in [0, 0.1) is 0 Å². The highest BCUT2D eigenvalue weighted by atomic mass is 32.2. The number of ether oxygens (including phenoxy) is 1. The second-order valence-electron chi connectivity index (χ2n) is 5.76. The molecule has 132 valence electrons. The van der Waals surface area contributed by atoms with E-state index in [4.69, 9.17) is 10.5 Å². The number of carbonyl (C=O) groups excluding carboxylic acids is 2. The van der Waals surface area contributed by atoms with E-state index >= 15 is 0 Å². The van der Waals surface area contributed by atoms with E-state index in [1.807, 2.05) is 11.9 Å². The van der Waals surface area contributed by atoms with Gasteiger partial charge in [-0.15, -0.1) is 0 Å². The van der Waals surface area contributed by atoms with Gasteiger partial charge in [0.2, 0.25) is 5.91 Å². The molecular weight excluding hydrogens is 328 g/mol. The molecule has 0 bridgehead atoms. The highest BCUT2D eigenvalue weighted by molar-refractivity contribution is 7.99. The van der Waals surface area contributed by atoms with E-state index in [0.29, 0.717) is 11.2 Å². The molecule has 0 unspecified atom stereocenters. The fourth-order valence-corrected chi connectivity index (χ4v) is 3.46. The summed E-state index contributed by atoms with van der Waals surface area (Å²) in [5, 5.41) is 0.381. The first kappa shape index (κ1) is 18.5. The van der Waals surface area contributed by atoms with Crippen molar-refractivity contribution >= 4 is 29.5 Å². The van der Waals surface area contributed by atoms with Gasteiger partial charge in [0, 0.05) is 19.3 Å². The Bertz CT molecular complexity index is 591. The Balaban J connectivity index is 1.90. The average Bonchev–Trinajstić information content (AvgIpc) is 2.60. The summed E-state index contributed by atoms with van der Waals surface area (Å²) >= 11 is 1.22. The third-order valence-electron chi connectivity index (χ3n) is 4.13. The number of anilines is 1. The first-order valence-electron chi connectivity index (χ1n) is 8.21. The molecule has 0 saturated heterocycles. The van der Waals surface area contributed by atoms with Crippen LogP contribution in [0.5, 0.6) is 0 Å². The fraction of sp³-hybridized carbons (Fsp3) is 0.625. The van der Waals surface area contributed by atoms with Crippen LogP contribution in [0.2, 0.25) is 0 Å². The van der Waals surface area contributed by atoms with Crippen molar-refractivity contribution in [2.24, 2.45) is 0 Å². The minimum atomic E-state index is -0.542. The maximum atomic E-state index is 12.3. The first-order chi connectivity index (χ1) is 11.5. The van der Waals surface area contributed by atoms with Crippen molar-refractivity contribution in [1.82, 2.24) is 14.9 Å². The summed E-state index contributed by atoms with van der Waals surface area (Å²) in [7, 11) is 1.86.